The Morgan fingerprint density at radius 3 is 1.45 bits per heavy atom. The van der Waals surface area contributed by atoms with Gasteiger partial charge in [0.25, 0.3) is 0 Å². The zero-order valence-electron chi connectivity index (χ0n) is 21.3. The Morgan fingerprint density at radius 1 is 0.789 bits per heavy atom. The molecule has 2 aromatic heterocycles. The Hall–Kier alpha value is -1.70. The van der Waals surface area contributed by atoms with E-state index >= 15 is 0 Å². The van der Waals surface area contributed by atoms with Gasteiger partial charge >= 0.3 is 0 Å². The lowest BCUT2D eigenvalue weighted by atomic mass is 10.0. The summed E-state index contributed by atoms with van der Waals surface area (Å²) in [5, 5.41) is 7.21. The van der Waals surface area contributed by atoms with Crippen LogP contribution in [0, 0.1) is 11.8 Å². The largest absolute Gasteiger partial charge is 0.487 e. The second-order valence-corrected chi connectivity index (χ2v) is 14.8. The third-order valence-electron chi connectivity index (χ3n) is 6.16. The van der Waals surface area contributed by atoms with Gasteiger partial charge in [-0.15, -0.1) is 0 Å². The number of aromatic nitrogens is 2. The topological polar surface area (TPSA) is 137 Å². The van der Waals surface area contributed by atoms with Crippen LogP contribution in [0.25, 0.3) is 0 Å². The van der Waals surface area contributed by atoms with Gasteiger partial charge in [-0.1, -0.05) is 23.2 Å². The average Bonchev–Trinajstić information content (AvgIpc) is 3.55. The van der Waals surface area contributed by atoms with Gasteiger partial charge in [-0.05, 0) is 50.2 Å². The van der Waals surface area contributed by atoms with Crippen molar-refractivity contribution in [3.63, 3.8) is 0 Å². The van der Waals surface area contributed by atoms with E-state index in [4.69, 9.17) is 32.7 Å². The molecule has 0 bridgehead atoms. The first-order chi connectivity index (χ1) is 17.9. The summed E-state index contributed by atoms with van der Waals surface area (Å²) in [5.74, 6) is 1.52. The van der Waals surface area contributed by atoms with Crippen LogP contribution in [0.1, 0.15) is 12.8 Å². The first-order valence-electron chi connectivity index (χ1n) is 12.2. The lowest BCUT2D eigenvalue weighted by Gasteiger charge is -2.23. The molecule has 4 rings (SSSR count). The number of nitrogens with zero attached hydrogens (tertiary/aromatic N) is 2. The van der Waals surface area contributed by atoms with E-state index in [0.29, 0.717) is 21.8 Å². The van der Waals surface area contributed by atoms with Crippen LogP contribution in [0.4, 0.5) is 0 Å². The molecule has 2 saturated heterocycles. The molecule has 0 amide bonds. The van der Waals surface area contributed by atoms with Gasteiger partial charge in [0.1, 0.15) is 34.0 Å². The molecule has 2 aliphatic rings. The van der Waals surface area contributed by atoms with Crippen LogP contribution in [0.2, 0.25) is 10.3 Å². The number of hydrogen-bond donors (Lipinski definition) is 2. The SMILES string of the molecule is CS(=O)(=O)C[C@@H](Oc1ccc(Cl)nc1)[C@H]1CCNC1.CS(=O)(=O)C[C@H](Oc1ccc(Cl)nc1)[C@H]1CCNC1. The number of ether oxygens (including phenoxy) is 2. The lowest BCUT2D eigenvalue weighted by molar-refractivity contribution is 0.163. The van der Waals surface area contributed by atoms with Crippen molar-refractivity contribution in [2.24, 2.45) is 11.8 Å². The van der Waals surface area contributed by atoms with Crippen LogP contribution in [0.3, 0.4) is 0 Å². The molecule has 10 nitrogen and oxygen atoms in total. The maximum absolute atomic E-state index is 11.5. The van der Waals surface area contributed by atoms with E-state index in [1.165, 1.54) is 24.9 Å². The minimum atomic E-state index is -3.09. The molecule has 2 fully saturated rings. The summed E-state index contributed by atoms with van der Waals surface area (Å²) in [4.78, 5) is 7.86. The van der Waals surface area contributed by atoms with E-state index in [0.717, 1.165) is 39.0 Å². The van der Waals surface area contributed by atoms with E-state index in [1.54, 1.807) is 24.3 Å². The van der Waals surface area contributed by atoms with E-state index in [9.17, 15) is 16.8 Å². The molecule has 2 aromatic rings. The van der Waals surface area contributed by atoms with Gasteiger partial charge in [-0.25, -0.2) is 26.8 Å². The number of nitrogens with one attached hydrogen (secondary N) is 2. The van der Waals surface area contributed by atoms with E-state index in [2.05, 4.69) is 20.6 Å². The van der Waals surface area contributed by atoms with Crippen molar-refractivity contribution in [3.05, 3.63) is 47.0 Å². The monoisotopic (exact) mass is 608 g/mol. The van der Waals surface area contributed by atoms with Gasteiger partial charge in [-0.2, -0.15) is 0 Å². The summed E-state index contributed by atoms with van der Waals surface area (Å²) in [6.07, 6.45) is 6.61. The first-order valence-corrected chi connectivity index (χ1v) is 17.1. The minimum Gasteiger partial charge on any atom is -0.487 e. The second kappa shape index (κ2) is 14.1. The number of rotatable bonds is 10. The second-order valence-electron chi connectivity index (χ2n) is 9.64. The number of hydrogen-bond acceptors (Lipinski definition) is 10. The van der Waals surface area contributed by atoms with Crippen molar-refractivity contribution in [2.75, 3.05) is 50.2 Å². The normalized spacial score (nSPS) is 21.3. The first kappa shape index (κ1) is 30.8. The summed E-state index contributed by atoms with van der Waals surface area (Å²) in [6.45, 7) is 3.35. The van der Waals surface area contributed by atoms with Gasteiger partial charge in [0.05, 0.1) is 23.9 Å². The smallest absolute Gasteiger partial charge is 0.151 e. The van der Waals surface area contributed by atoms with Crippen molar-refractivity contribution in [1.82, 2.24) is 20.6 Å². The Labute approximate surface area is 234 Å². The molecular formula is C24H34Cl2N4O6S2. The molecule has 0 saturated carbocycles. The van der Waals surface area contributed by atoms with Crippen molar-refractivity contribution in [2.45, 2.75) is 25.0 Å². The third-order valence-corrected chi connectivity index (χ3v) is 8.47. The van der Waals surface area contributed by atoms with Crippen LogP contribution in [0.5, 0.6) is 11.5 Å². The number of sulfone groups is 2. The summed E-state index contributed by atoms with van der Waals surface area (Å²) in [7, 11) is -6.18. The van der Waals surface area contributed by atoms with Gasteiger partial charge in [0.15, 0.2) is 19.7 Å². The highest BCUT2D eigenvalue weighted by molar-refractivity contribution is 7.90. The molecule has 4 atom stereocenters. The van der Waals surface area contributed by atoms with Gasteiger partial charge in [-0.3, -0.25) is 0 Å². The Kier molecular flexibility index (Phi) is 11.4. The lowest BCUT2D eigenvalue weighted by Crippen LogP contribution is -2.35. The summed E-state index contributed by atoms with van der Waals surface area (Å²) < 4.78 is 57.6. The molecular weight excluding hydrogens is 575 g/mol. The number of pyridine rings is 2. The average molecular weight is 610 g/mol. The molecule has 38 heavy (non-hydrogen) atoms. The van der Waals surface area contributed by atoms with Gasteiger partial charge in [0.2, 0.25) is 0 Å². The quantitative estimate of drug-likeness (QED) is 0.386. The zero-order chi connectivity index (χ0) is 27.8. The fourth-order valence-corrected chi connectivity index (χ4v) is 6.43. The van der Waals surface area contributed by atoms with Crippen LogP contribution >= 0.6 is 23.2 Å². The fourth-order valence-electron chi connectivity index (χ4n) is 4.33. The standard InChI is InChI=1S/2C12H17ClN2O3S/c2*1-19(16,17)8-11(9-4-5-14-6-9)18-10-2-3-12(13)15-7-10/h2*2-3,7,9,11,14H,4-6,8H2,1H3/t9-,11+;9-,11-/m00/s1. The van der Waals surface area contributed by atoms with Crippen molar-refractivity contribution < 1.29 is 26.3 Å². The fraction of sp³-hybridized carbons (Fsp3) is 0.583. The van der Waals surface area contributed by atoms with Crippen LogP contribution in [-0.2, 0) is 19.7 Å². The third kappa shape index (κ3) is 11.2. The van der Waals surface area contributed by atoms with Crippen molar-refractivity contribution >= 4 is 42.9 Å². The van der Waals surface area contributed by atoms with Crippen molar-refractivity contribution in [3.8, 4) is 11.5 Å². The molecule has 0 aromatic carbocycles. The zero-order valence-corrected chi connectivity index (χ0v) is 24.5. The van der Waals surface area contributed by atoms with E-state index < -0.39 is 19.7 Å². The molecule has 0 aliphatic carbocycles. The highest BCUT2D eigenvalue weighted by Gasteiger charge is 2.30. The molecule has 2 aliphatic heterocycles. The van der Waals surface area contributed by atoms with Crippen LogP contribution in [-0.4, -0.2) is 89.2 Å². The van der Waals surface area contributed by atoms with Gasteiger partial charge < -0.3 is 20.1 Å². The predicted molar refractivity (Wildman–Crippen MR) is 149 cm³/mol. The minimum absolute atomic E-state index is 0.0158. The maximum Gasteiger partial charge on any atom is 0.151 e. The van der Waals surface area contributed by atoms with Crippen LogP contribution < -0.4 is 20.1 Å². The molecule has 4 heterocycles. The van der Waals surface area contributed by atoms with E-state index in [1.807, 2.05) is 0 Å². The number of halogens is 2. The highest BCUT2D eigenvalue weighted by atomic mass is 35.5. The van der Waals surface area contributed by atoms with E-state index in [-0.39, 0.29) is 35.5 Å². The Morgan fingerprint density at radius 2 is 1.18 bits per heavy atom. The van der Waals surface area contributed by atoms with Gasteiger partial charge in [0, 0.05) is 37.4 Å². The molecule has 2 N–H and O–H groups in total. The van der Waals surface area contributed by atoms with Crippen molar-refractivity contribution in [1.29, 1.82) is 0 Å². The maximum atomic E-state index is 11.5. The molecule has 0 spiro atoms. The molecule has 14 heteroatoms. The van der Waals surface area contributed by atoms with Crippen LogP contribution in [0.15, 0.2) is 36.7 Å². The summed E-state index contributed by atoms with van der Waals surface area (Å²) in [5.41, 5.74) is 0. The Bertz CT molecular complexity index is 1120. The highest BCUT2D eigenvalue weighted by Crippen LogP contribution is 2.23. The Balaban J connectivity index is 0.000000211. The molecule has 0 unspecified atom stereocenters. The predicted octanol–water partition coefficient (Wildman–Crippen LogP) is 2.27. The molecule has 0 radical (unpaired) electrons. The summed E-state index contributed by atoms with van der Waals surface area (Å²) >= 11 is 11.4. The molecule has 212 valence electrons. The summed E-state index contributed by atoms with van der Waals surface area (Å²) in [6, 6.07) is 6.66.